The molecule has 0 spiro atoms. The van der Waals surface area contributed by atoms with E-state index >= 15 is 0 Å². The molecule has 1 nitrogen and oxygen atoms in total. The molecule has 0 saturated heterocycles. The number of nitrogens with zero attached hydrogens (tertiary/aromatic N) is 1. The van der Waals surface area contributed by atoms with Gasteiger partial charge in [0.15, 0.2) is 0 Å². The molecule has 0 fully saturated rings. The van der Waals surface area contributed by atoms with Crippen LogP contribution >= 0.6 is 0 Å². The Hall–Kier alpha value is -3.37. The fourth-order valence-corrected chi connectivity index (χ4v) is 3.79. The van der Waals surface area contributed by atoms with Crippen LogP contribution in [0.4, 0.5) is 0 Å². The molecule has 0 bridgehead atoms. The van der Waals surface area contributed by atoms with Gasteiger partial charge in [0, 0.05) is 5.56 Å². The SMILES string of the molecule is N#Cc1ccccc1-c1ccc2ccc3cccc4ccc1c2c34. The molecule has 0 aliphatic heterocycles. The van der Waals surface area contributed by atoms with Crippen molar-refractivity contribution in [1.29, 1.82) is 5.26 Å². The maximum Gasteiger partial charge on any atom is 0.0998 e. The zero-order valence-electron chi connectivity index (χ0n) is 13.0. The average Bonchev–Trinajstić information content (AvgIpc) is 2.66. The van der Waals surface area contributed by atoms with Crippen molar-refractivity contribution in [3.63, 3.8) is 0 Å². The van der Waals surface area contributed by atoms with Crippen LogP contribution in [0.3, 0.4) is 0 Å². The van der Waals surface area contributed by atoms with Crippen LogP contribution in [0.15, 0.2) is 78.9 Å². The van der Waals surface area contributed by atoms with Crippen molar-refractivity contribution in [2.75, 3.05) is 0 Å². The van der Waals surface area contributed by atoms with Gasteiger partial charge in [-0.1, -0.05) is 72.8 Å². The molecule has 0 saturated carbocycles. The average molecular weight is 303 g/mol. The number of hydrogen-bond donors (Lipinski definition) is 0. The van der Waals surface area contributed by atoms with E-state index in [2.05, 4.69) is 60.7 Å². The molecular formula is C23H13N. The zero-order chi connectivity index (χ0) is 16.1. The van der Waals surface area contributed by atoms with Gasteiger partial charge in [0.2, 0.25) is 0 Å². The summed E-state index contributed by atoms with van der Waals surface area (Å²) in [6.07, 6.45) is 0. The Morgan fingerprint density at radius 3 is 2.00 bits per heavy atom. The van der Waals surface area contributed by atoms with E-state index in [1.54, 1.807) is 0 Å². The number of nitriles is 1. The fourth-order valence-electron chi connectivity index (χ4n) is 3.79. The Balaban J connectivity index is 2.00. The third-order valence-corrected chi connectivity index (χ3v) is 4.87. The quantitative estimate of drug-likeness (QED) is 0.342. The lowest BCUT2D eigenvalue weighted by Gasteiger charge is -2.14. The molecule has 5 aromatic rings. The van der Waals surface area contributed by atoms with Gasteiger partial charge in [0.05, 0.1) is 11.6 Å². The largest absolute Gasteiger partial charge is 0.192 e. The maximum absolute atomic E-state index is 9.47. The van der Waals surface area contributed by atoms with Gasteiger partial charge in [0.1, 0.15) is 0 Å². The van der Waals surface area contributed by atoms with E-state index < -0.39 is 0 Å². The third kappa shape index (κ3) is 1.68. The van der Waals surface area contributed by atoms with Gasteiger partial charge in [-0.2, -0.15) is 5.26 Å². The minimum atomic E-state index is 0.715. The minimum Gasteiger partial charge on any atom is -0.192 e. The summed E-state index contributed by atoms with van der Waals surface area (Å²) >= 11 is 0. The second-order valence-electron chi connectivity index (χ2n) is 6.13. The van der Waals surface area contributed by atoms with Crippen molar-refractivity contribution >= 4 is 32.3 Å². The van der Waals surface area contributed by atoms with Crippen molar-refractivity contribution in [2.45, 2.75) is 0 Å². The van der Waals surface area contributed by atoms with Crippen LogP contribution in [-0.2, 0) is 0 Å². The molecule has 0 amide bonds. The molecule has 5 rings (SSSR count). The standard InChI is InChI=1S/C23H13N/c24-14-18-4-1-2-7-19(18)20-12-10-17-9-8-15-5-3-6-16-11-13-21(20)23(17)22(15)16/h1-13H. The lowest BCUT2D eigenvalue weighted by atomic mass is 9.89. The third-order valence-electron chi connectivity index (χ3n) is 4.87. The van der Waals surface area contributed by atoms with Gasteiger partial charge < -0.3 is 0 Å². The van der Waals surface area contributed by atoms with Gasteiger partial charge in [0.25, 0.3) is 0 Å². The molecule has 0 N–H and O–H groups in total. The second kappa shape index (κ2) is 4.81. The Bertz CT molecular complexity index is 1240. The van der Waals surface area contributed by atoms with E-state index in [9.17, 15) is 5.26 Å². The van der Waals surface area contributed by atoms with E-state index in [1.807, 2.05) is 24.3 Å². The highest BCUT2D eigenvalue weighted by molar-refractivity contribution is 6.25. The molecule has 110 valence electrons. The summed E-state index contributed by atoms with van der Waals surface area (Å²) < 4.78 is 0. The molecule has 0 aromatic heterocycles. The van der Waals surface area contributed by atoms with Gasteiger partial charge in [-0.15, -0.1) is 0 Å². The number of rotatable bonds is 1. The molecule has 0 radical (unpaired) electrons. The molecule has 5 aromatic carbocycles. The van der Waals surface area contributed by atoms with E-state index in [0.29, 0.717) is 5.56 Å². The van der Waals surface area contributed by atoms with Crippen LogP contribution in [0.5, 0.6) is 0 Å². The van der Waals surface area contributed by atoms with Crippen LogP contribution in [0.25, 0.3) is 43.4 Å². The lowest BCUT2D eigenvalue weighted by Crippen LogP contribution is -1.89. The molecule has 0 aliphatic carbocycles. The summed E-state index contributed by atoms with van der Waals surface area (Å²) in [6, 6.07) is 29.6. The Morgan fingerprint density at radius 1 is 0.542 bits per heavy atom. The molecule has 0 unspecified atom stereocenters. The monoisotopic (exact) mass is 303 g/mol. The van der Waals surface area contributed by atoms with E-state index in [0.717, 1.165) is 11.1 Å². The molecule has 0 heterocycles. The smallest absolute Gasteiger partial charge is 0.0998 e. The summed E-state index contributed by atoms with van der Waals surface area (Å²) in [7, 11) is 0. The van der Waals surface area contributed by atoms with Crippen LogP contribution in [0, 0.1) is 11.3 Å². The normalized spacial score (nSPS) is 11.3. The predicted octanol–water partition coefficient (Wildman–Crippen LogP) is 6.12. The van der Waals surface area contributed by atoms with E-state index in [4.69, 9.17) is 0 Å². The molecule has 1 heteroatoms. The van der Waals surface area contributed by atoms with Crippen LogP contribution < -0.4 is 0 Å². The Kier molecular flexibility index (Phi) is 2.63. The van der Waals surface area contributed by atoms with Crippen LogP contribution in [0.2, 0.25) is 0 Å². The second-order valence-corrected chi connectivity index (χ2v) is 6.13. The fraction of sp³-hybridized carbons (Fsp3) is 0. The van der Waals surface area contributed by atoms with Crippen molar-refractivity contribution < 1.29 is 0 Å². The summed E-state index contributed by atoms with van der Waals surface area (Å²) in [5, 5.41) is 17.0. The first-order valence-corrected chi connectivity index (χ1v) is 8.03. The van der Waals surface area contributed by atoms with Crippen molar-refractivity contribution in [3.8, 4) is 17.2 Å². The van der Waals surface area contributed by atoms with Gasteiger partial charge >= 0.3 is 0 Å². The highest BCUT2D eigenvalue weighted by atomic mass is 14.2. The first-order chi connectivity index (χ1) is 11.9. The van der Waals surface area contributed by atoms with Gasteiger partial charge in [-0.05, 0) is 43.9 Å². The molecule has 0 atom stereocenters. The van der Waals surface area contributed by atoms with E-state index in [1.165, 1.54) is 32.3 Å². The van der Waals surface area contributed by atoms with Crippen molar-refractivity contribution in [2.24, 2.45) is 0 Å². The van der Waals surface area contributed by atoms with Crippen molar-refractivity contribution in [1.82, 2.24) is 0 Å². The molecular weight excluding hydrogens is 290 g/mol. The Morgan fingerprint density at radius 2 is 1.21 bits per heavy atom. The zero-order valence-corrected chi connectivity index (χ0v) is 13.0. The van der Waals surface area contributed by atoms with E-state index in [-0.39, 0.29) is 0 Å². The predicted molar refractivity (Wildman–Crippen MR) is 100 cm³/mol. The first-order valence-electron chi connectivity index (χ1n) is 8.03. The summed E-state index contributed by atoms with van der Waals surface area (Å²) in [5.41, 5.74) is 2.84. The maximum atomic E-state index is 9.47. The van der Waals surface area contributed by atoms with Gasteiger partial charge in [-0.25, -0.2) is 0 Å². The minimum absolute atomic E-state index is 0.715. The lowest BCUT2D eigenvalue weighted by molar-refractivity contribution is 1.48. The van der Waals surface area contributed by atoms with Gasteiger partial charge in [-0.3, -0.25) is 0 Å². The highest BCUT2D eigenvalue weighted by Crippen LogP contribution is 2.39. The molecule has 0 aliphatic rings. The Labute approximate surface area is 139 Å². The topological polar surface area (TPSA) is 23.8 Å². The number of benzene rings is 5. The summed E-state index contributed by atoms with van der Waals surface area (Å²) in [4.78, 5) is 0. The molecule has 24 heavy (non-hydrogen) atoms. The summed E-state index contributed by atoms with van der Waals surface area (Å²) in [5.74, 6) is 0. The first kappa shape index (κ1) is 13.1. The van der Waals surface area contributed by atoms with Crippen LogP contribution in [-0.4, -0.2) is 0 Å². The number of hydrogen-bond acceptors (Lipinski definition) is 1. The summed E-state index contributed by atoms with van der Waals surface area (Å²) in [6.45, 7) is 0. The van der Waals surface area contributed by atoms with Crippen molar-refractivity contribution in [3.05, 3.63) is 84.4 Å². The highest BCUT2D eigenvalue weighted by Gasteiger charge is 2.13. The van der Waals surface area contributed by atoms with Crippen LogP contribution in [0.1, 0.15) is 5.56 Å².